The third-order valence-corrected chi connectivity index (χ3v) is 0. The van der Waals surface area contributed by atoms with Gasteiger partial charge in [0.15, 0.2) is 0 Å². The molecule has 0 N–H and O–H groups in total. The van der Waals surface area contributed by atoms with Crippen LogP contribution in [0.4, 0.5) is 0 Å². The van der Waals surface area contributed by atoms with E-state index in [4.69, 9.17) is 30.1 Å². The Morgan fingerprint density at radius 3 is 0.667 bits per heavy atom. The van der Waals surface area contributed by atoms with E-state index in [-0.39, 0.29) is 51.2 Å². The van der Waals surface area contributed by atoms with Crippen LogP contribution in [0.5, 0.6) is 0 Å². The van der Waals surface area contributed by atoms with Crippen LogP contribution in [0.2, 0.25) is 0 Å². The molecule has 0 saturated heterocycles. The molecule has 0 unspecified atom stereocenters. The van der Waals surface area contributed by atoms with Gasteiger partial charge in [0.05, 0.1) is 0 Å². The fourth-order valence-electron chi connectivity index (χ4n) is 0. The fraction of sp³-hybridized carbons (Fsp3) is 0. The summed E-state index contributed by atoms with van der Waals surface area (Å²) in [4.78, 5) is 0. The Kier molecular flexibility index (Phi) is 149. The van der Waals surface area contributed by atoms with Crippen molar-refractivity contribution in [2.24, 2.45) is 0 Å². The summed E-state index contributed by atoms with van der Waals surface area (Å²) in [6.07, 6.45) is 0. The third-order valence-electron chi connectivity index (χ3n) is 0. The standard InChI is InChI=1S/3Al.3ClH.3O/h;;;3*1H;;;/q3*+3;;;;3*-2/p-3. The summed E-state index contributed by atoms with van der Waals surface area (Å²) in [5.74, 6) is 0. The van der Waals surface area contributed by atoms with Crippen LogP contribution in [0.15, 0.2) is 0 Å². The van der Waals surface area contributed by atoms with Crippen molar-refractivity contribution in [1.29, 1.82) is 0 Å². The Bertz CT molecular complexity index is 19.0. The Morgan fingerprint density at radius 2 is 0.667 bits per heavy atom. The van der Waals surface area contributed by atoms with E-state index < -0.39 is 11.4 Å². The van der Waals surface area contributed by atoms with E-state index in [0.29, 0.717) is 0 Å². The van der Waals surface area contributed by atoms with E-state index in [1.807, 2.05) is 0 Å². The van der Waals surface area contributed by atoms with Crippen molar-refractivity contribution >= 4 is 76.3 Å². The number of rotatable bonds is 0. The molecule has 0 heterocycles. The molecule has 0 aliphatic heterocycles. The Balaban J connectivity index is -0.00000000450. The van der Waals surface area contributed by atoms with Crippen molar-refractivity contribution in [3.8, 4) is 0 Å². The molecule has 0 amide bonds. The van der Waals surface area contributed by atoms with Gasteiger partial charge in [-0.25, -0.2) is 30.1 Å². The molecule has 0 aliphatic carbocycles. The van der Waals surface area contributed by atoms with Crippen molar-refractivity contribution in [2.75, 3.05) is 0 Å². The minimum absolute atomic E-state index is 0. The minimum atomic E-state index is -1.72. The molecule has 0 atom stereocenters. The van der Waals surface area contributed by atoms with Gasteiger partial charge in [-0.3, -0.25) is 0 Å². The maximum atomic E-state index is 4.94. The van der Waals surface area contributed by atoms with E-state index in [9.17, 15) is 0 Å². The molecule has 0 aromatic carbocycles. The number of hydrogen-bond donors (Lipinski definition) is 0. The van der Waals surface area contributed by atoms with Gasteiger partial charge in [-0.05, 0) is 0 Å². The first-order valence-corrected chi connectivity index (χ1v) is 5.89. The van der Waals surface area contributed by atoms with Crippen molar-refractivity contribution in [2.45, 2.75) is 0 Å². The molecule has 48 valence electrons. The van der Waals surface area contributed by atoms with Crippen LogP contribution in [0, 0.1) is 0 Å². The quantitative estimate of drug-likeness (QED) is 0.550. The summed E-state index contributed by atoms with van der Waals surface area (Å²) in [6, 6.07) is 0. The smallest absolute Gasteiger partial charge is 2.00 e. The number of halogens is 3. The van der Waals surface area contributed by atoms with Gasteiger partial charge >= 0.3 is 46.1 Å². The Morgan fingerprint density at radius 1 is 0.667 bits per heavy atom. The molecule has 0 fully saturated rings. The van der Waals surface area contributed by atoms with E-state index in [1.165, 1.54) is 0 Å². The van der Waals surface area contributed by atoms with Crippen LogP contribution >= 0.6 is 30.1 Å². The molecule has 9 heavy (non-hydrogen) atoms. The first-order chi connectivity index (χ1) is 1.73. The van der Waals surface area contributed by atoms with E-state index >= 15 is 0 Å². The number of hydrogen-bond acceptors (Lipinski definition) is 0. The second kappa shape index (κ2) is 31.6. The van der Waals surface area contributed by atoms with Crippen LogP contribution in [0.3, 0.4) is 0 Å². The zero-order valence-corrected chi connectivity index (χ0v) is 9.82. The van der Waals surface area contributed by atoms with E-state index in [2.05, 4.69) is 0 Å². The summed E-state index contributed by atoms with van der Waals surface area (Å²) < 4.78 is 0. The molecular weight excluding hydrogens is 235 g/mol. The maximum Gasteiger partial charge on any atom is 3.00 e. The van der Waals surface area contributed by atoms with Gasteiger partial charge in [-0.2, -0.15) is 0 Å². The minimum Gasteiger partial charge on any atom is -2.00 e. The van der Waals surface area contributed by atoms with Gasteiger partial charge in [0.1, 0.15) is 0 Å². The molecule has 0 aromatic heterocycles. The van der Waals surface area contributed by atoms with Crippen molar-refractivity contribution in [3.05, 3.63) is 0 Å². The Hall–Kier alpha value is 2.35. The average molecular weight is 235 g/mol. The molecule has 0 aromatic rings. The van der Waals surface area contributed by atoms with Crippen molar-refractivity contribution < 1.29 is 16.4 Å². The van der Waals surface area contributed by atoms with Crippen molar-refractivity contribution in [1.82, 2.24) is 0 Å². The van der Waals surface area contributed by atoms with Crippen LogP contribution in [-0.2, 0) is 16.4 Å². The SMILES string of the molecule is [Al+3].[Al+3].[Cl][Al]([Cl])[Cl].[O-2].[O-2].[O-2]. The van der Waals surface area contributed by atoms with Gasteiger partial charge in [0.2, 0.25) is 0 Å². The Labute approximate surface area is 91.8 Å². The van der Waals surface area contributed by atoms with Crippen LogP contribution < -0.4 is 0 Å². The average Bonchev–Trinajstić information content (AvgIpc) is 0.811. The summed E-state index contributed by atoms with van der Waals surface area (Å²) in [5, 5.41) is 0. The molecule has 0 bridgehead atoms. The summed E-state index contributed by atoms with van der Waals surface area (Å²) >= 11 is -1.72. The first-order valence-electron chi connectivity index (χ1n) is 0.655. The van der Waals surface area contributed by atoms with Crippen molar-refractivity contribution in [3.63, 3.8) is 0 Å². The second-order valence-corrected chi connectivity index (χ2v) is 6.68. The van der Waals surface area contributed by atoms with Gasteiger partial charge in [-0.15, -0.1) is 0 Å². The van der Waals surface area contributed by atoms with Crippen LogP contribution in [-0.4, -0.2) is 46.1 Å². The topological polar surface area (TPSA) is 85.5 Å². The van der Waals surface area contributed by atoms with Crippen LogP contribution in [0.1, 0.15) is 0 Å². The van der Waals surface area contributed by atoms with E-state index in [0.717, 1.165) is 0 Å². The summed E-state index contributed by atoms with van der Waals surface area (Å²) in [6.45, 7) is 0. The summed E-state index contributed by atoms with van der Waals surface area (Å²) in [5.41, 5.74) is 0. The van der Waals surface area contributed by atoms with Gasteiger partial charge in [0, 0.05) is 0 Å². The molecule has 0 spiro atoms. The molecule has 0 radical (unpaired) electrons. The monoisotopic (exact) mass is 234 g/mol. The van der Waals surface area contributed by atoms with Gasteiger partial charge in [-0.1, -0.05) is 0 Å². The largest absolute Gasteiger partial charge is 3.00 e. The fourth-order valence-corrected chi connectivity index (χ4v) is 0. The van der Waals surface area contributed by atoms with Gasteiger partial charge in [0.25, 0.3) is 0 Å². The van der Waals surface area contributed by atoms with E-state index in [1.54, 1.807) is 0 Å². The first kappa shape index (κ1) is 42.5. The molecule has 3 nitrogen and oxygen atoms in total. The zero-order chi connectivity index (χ0) is 3.58. The molecule has 0 rings (SSSR count). The molecule has 9 heteroatoms. The summed E-state index contributed by atoms with van der Waals surface area (Å²) in [7, 11) is 14.8. The predicted molar refractivity (Wildman–Crippen MR) is 36.9 cm³/mol. The third kappa shape index (κ3) is 131. The molecular formula is Al3Cl3O3. The van der Waals surface area contributed by atoms with Gasteiger partial charge < -0.3 is 16.4 Å². The maximum absolute atomic E-state index is 4.94. The predicted octanol–water partition coefficient (Wildman–Crippen LogP) is 0.570. The normalized spacial score (nSPS) is 3.00. The molecule has 0 saturated carbocycles. The molecule has 0 aliphatic rings. The zero-order valence-electron chi connectivity index (χ0n) is 4.09. The van der Waals surface area contributed by atoms with Crippen LogP contribution in [0.25, 0.3) is 0 Å². The second-order valence-electron chi connectivity index (χ2n) is 0.247.